The molecule has 16 heavy (non-hydrogen) atoms. The molecule has 1 aromatic carbocycles. The molecule has 0 heterocycles. The standard InChI is InChI=1S/C15H21N/c1-10-3-5-14-12(7-10)4-6-15(14)16-13-8-11(2)9-13/h3,5,7,11,13,15-16H,4,6,8-9H2,1-2H3. The molecule has 0 bridgehead atoms. The Morgan fingerprint density at radius 2 is 2.06 bits per heavy atom. The van der Waals surface area contributed by atoms with Crippen molar-refractivity contribution in [3.63, 3.8) is 0 Å². The number of aryl methyl sites for hydroxylation is 2. The first-order valence-electron chi connectivity index (χ1n) is 6.58. The Labute approximate surface area is 98.3 Å². The van der Waals surface area contributed by atoms with Crippen LogP contribution in [0.4, 0.5) is 0 Å². The summed E-state index contributed by atoms with van der Waals surface area (Å²) < 4.78 is 0. The van der Waals surface area contributed by atoms with Gasteiger partial charge in [-0.15, -0.1) is 0 Å². The molecule has 1 atom stereocenters. The average molecular weight is 215 g/mol. The molecule has 2 aliphatic rings. The van der Waals surface area contributed by atoms with E-state index in [4.69, 9.17) is 0 Å². The largest absolute Gasteiger partial charge is 0.307 e. The van der Waals surface area contributed by atoms with Gasteiger partial charge in [-0.2, -0.15) is 0 Å². The molecule has 0 saturated heterocycles. The van der Waals surface area contributed by atoms with E-state index in [0.717, 1.165) is 12.0 Å². The smallest absolute Gasteiger partial charge is 0.0328 e. The molecule has 0 amide bonds. The Hall–Kier alpha value is -0.820. The number of hydrogen-bond donors (Lipinski definition) is 1. The Morgan fingerprint density at radius 1 is 1.25 bits per heavy atom. The lowest BCUT2D eigenvalue weighted by Crippen LogP contribution is -2.41. The van der Waals surface area contributed by atoms with Crippen molar-refractivity contribution in [3.8, 4) is 0 Å². The second-order valence-electron chi connectivity index (χ2n) is 5.73. The van der Waals surface area contributed by atoms with Crippen molar-refractivity contribution in [2.75, 3.05) is 0 Å². The lowest BCUT2D eigenvalue weighted by Gasteiger charge is -2.36. The zero-order valence-electron chi connectivity index (χ0n) is 10.3. The van der Waals surface area contributed by atoms with Gasteiger partial charge in [0.25, 0.3) is 0 Å². The van der Waals surface area contributed by atoms with Gasteiger partial charge >= 0.3 is 0 Å². The van der Waals surface area contributed by atoms with Crippen LogP contribution in [0.2, 0.25) is 0 Å². The molecule has 86 valence electrons. The maximum Gasteiger partial charge on any atom is 0.0328 e. The molecule has 2 aliphatic carbocycles. The molecular formula is C15H21N. The summed E-state index contributed by atoms with van der Waals surface area (Å²) in [6.45, 7) is 4.54. The van der Waals surface area contributed by atoms with Gasteiger partial charge in [-0.25, -0.2) is 0 Å². The van der Waals surface area contributed by atoms with E-state index in [2.05, 4.69) is 37.4 Å². The summed E-state index contributed by atoms with van der Waals surface area (Å²) in [5, 5.41) is 3.82. The van der Waals surface area contributed by atoms with Crippen LogP contribution in [0, 0.1) is 12.8 Å². The number of nitrogens with one attached hydrogen (secondary N) is 1. The molecule has 1 unspecified atom stereocenters. The van der Waals surface area contributed by atoms with E-state index >= 15 is 0 Å². The fraction of sp³-hybridized carbons (Fsp3) is 0.600. The summed E-state index contributed by atoms with van der Waals surface area (Å²) in [4.78, 5) is 0. The fourth-order valence-corrected chi connectivity index (χ4v) is 3.24. The zero-order chi connectivity index (χ0) is 11.1. The normalized spacial score (nSPS) is 32.2. The summed E-state index contributed by atoms with van der Waals surface area (Å²) in [6, 6.07) is 8.36. The van der Waals surface area contributed by atoms with Gasteiger partial charge in [0, 0.05) is 12.1 Å². The quantitative estimate of drug-likeness (QED) is 0.797. The van der Waals surface area contributed by atoms with Gasteiger partial charge in [0.1, 0.15) is 0 Å². The van der Waals surface area contributed by atoms with Crippen LogP contribution in [-0.2, 0) is 6.42 Å². The third-order valence-corrected chi connectivity index (χ3v) is 4.19. The highest BCUT2D eigenvalue weighted by Gasteiger charge is 2.30. The Kier molecular flexibility index (Phi) is 2.51. The highest BCUT2D eigenvalue weighted by molar-refractivity contribution is 5.37. The number of benzene rings is 1. The van der Waals surface area contributed by atoms with Gasteiger partial charge in [-0.05, 0) is 49.7 Å². The predicted octanol–water partition coefficient (Wildman–Crippen LogP) is 3.37. The van der Waals surface area contributed by atoms with Crippen molar-refractivity contribution >= 4 is 0 Å². The van der Waals surface area contributed by atoms with E-state index in [1.54, 1.807) is 11.1 Å². The molecule has 0 aliphatic heterocycles. The number of hydrogen-bond acceptors (Lipinski definition) is 1. The second kappa shape index (κ2) is 3.89. The van der Waals surface area contributed by atoms with Crippen molar-refractivity contribution in [1.29, 1.82) is 0 Å². The van der Waals surface area contributed by atoms with Gasteiger partial charge in [0.2, 0.25) is 0 Å². The summed E-state index contributed by atoms with van der Waals surface area (Å²) in [5.41, 5.74) is 4.53. The van der Waals surface area contributed by atoms with Crippen molar-refractivity contribution in [2.45, 2.75) is 51.6 Å². The minimum atomic E-state index is 0.632. The van der Waals surface area contributed by atoms with Crippen LogP contribution in [0.1, 0.15) is 48.9 Å². The average Bonchev–Trinajstić information content (AvgIpc) is 2.58. The monoisotopic (exact) mass is 215 g/mol. The van der Waals surface area contributed by atoms with Crippen molar-refractivity contribution in [1.82, 2.24) is 5.32 Å². The van der Waals surface area contributed by atoms with Crippen LogP contribution in [0.3, 0.4) is 0 Å². The van der Waals surface area contributed by atoms with Gasteiger partial charge in [0.15, 0.2) is 0 Å². The van der Waals surface area contributed by atoms with Gasteiger partial charge in [-0.3, -0.25) is 0 Å². The van der Waals surface area contributed by atoms with Crippen molar-refractivity contribution < 1.29 is 0 Å². The topological polar surface area (TPSA) is 12.0 Å². The van der Waals surface area contributed by atoms with E-state index in [1.165, 1.54) is 31.2 Å². The third kappa shape index (κ3) is 1.78. The molecule has 3 rings (SSSR count). The summed E-state index contributed by atoms with van der Waals surface area (Å²) in [7, 11) is 0. The molecular weight excluding hydrogens is 194 g/mol. The zero-order valence-corrected chi connectivity index (χ0v) is 10.3. The molecule has 1 N–H and O–H groups in total. The summed E-state index contributed by atoms with van der Waals surface area (Å²) >= 11 is 0. The van der Waals surface area contributed by atoms with Crippen LogP contribution in [0.15, 0.2) is 18.2 Å². The van der Waals surface area contributed by atoms with Crippen LogP contribution in [-0.4, -0.2) is 6.04 Å². The number of fused-ring (bicyclic) bond motifs is 1. The molecule has 0 aromatic heterocycles. The molecule has 1 aromatic rings. The van der Waals surface area contributed by atoms with Crippen molar-refractivity contribution in [3.05, 3.63) is 34.9 Å². The highest BCUT2D eigenvalue weighted by Crippen LogP contribution is 2.35. The van der Waals surface area contributed by atoms with Gasteiger partial charge in [0.05, 0.1) is 0 Å². The first-order valence-corrected chi connectivity index (χ1v) is 6.58. The van der Waals surface area contributed by atoms with Crippen molar-refractivity contribution in [2.24, 2.45) is 5.92 Å². The van der Waals surface area contributed by atoms with Crippen LogP contribution < -0.4 is 5.32 Å². The molecule has 0 spiro atoms. The second-order valence-corrected chi connectivity index (χ2v) is 5.73. The molecule has 1 saturated carbocycles. The van der Waals surface area contributed by atoms with E-state index in [9.17, 15) is 0 Å². The molecule has 1 nitrogen and oxygen atoms in total. The lowest BCUT2D eigenvalue weighted by molar-refractivity contribution is 0.222. The maximum atomic E-state index is 3.82. The van der Waals surface area contributed by atoms with Crippen LogP contribution in [0.25, 0.3) is 0 Å². The summed E-state index contributed by atoms with van der Waals surface area (Å²) in [5.74, 6) is 0.941. The fourth-order valence-electron chi connectivity index (χ4n) is 3.24. The lowest BCUT2D eigenvalue weighted by atomic mass is 9.81. The van der Waals surface area contributed by atoms with Gasteiger partial charge < -0.3 is 5.32 Å². The minimum absolute atomic E-state index is 0.632. The Balaban J connectivity index is 1.71. The predicted molar refractivity (Wildman–Crippen MR) is 67.6 cm³/mol. The third-order valence-electron chi connectivity index (χ3n) is 4.19. The first kappa shape index (κ1) is 10.3. The van der Waals surface area contributed by atoms with E-state index in [0.29, 0.717) is 6.04 Å². The first-order chi connectivity index (χ1) is 7.72. The van der Waals surface area contributed by atoms with E-state index in [-0.39, 0.29) is 0 Å². The van der Waals surface area contributed by atoms with Crippen LogP contribution >= 0.6 is 0 Å². The van der Waals surface area contributed by atoms with E-state index < -0.39 is 0 Å². The van der Waals surface area contributed by atoms with E-state index in [1.807, 2.05) is 0 Å². The highest BCUT2D eigenvalue weighted by atomic mass is 15.0. The van der Waals surface area contributed by atoms with Crippen LogP contribution in [0.5, 0.6) is 0 Å². The summed E-state index contributed by atoms with van der Waals surface area (Å²) in [6.07, 6.45) is 5.30. The SMILES string of the molecule is Cc1ccc2c(c1)CCC2NC1CC(C)C1. The molecule has 0 radical (unpaired) electrons. The molecule has 1 heteroatoms. The van der Waals surface area contributed by atoms with Gasteiger partial charge in [-0.1, -0.05) is 30.7 Å². The number of rotatable bonds is 2. The Bertz CT molecular complexity index is 390. The molecule has 1 fully saturated rings. The Morgan fingerprint density at radius 3 is 2.81 bits per heavy atom. The minimum Gasteiger partial charge on any atom is -0.307 e. The maximum absolute atomic E-state index is 3.82.